The summed E-state index contributed by atoms with van der Waals surface area (Å²) in [6.07, 6.45) is -5.04. The van der Waals surface area contributed by atoms with Crippen LogP contribution >= 0.6 is 0 Å². The first kappa shape index (κ1) is 29.4. The van der Waals surface area contributed by atoms with Gasteiger partial charge in [0.05, 0.1) is 18.2 Å². The van der Waals surface area contributed by atoms with E-state index in [0.29, 0.717) is 11.1 Å². The van der Waals surface area contributed by atoms with Crippen LogP contribution in [-0.4, -0.2) is 90.8 Å². The smallest absolute Gasteiger partial charge is 0.231 e. The quantitative estimate of drug-likeness (QED) is 0.152. The molecule has 8 N–H and O–H groups in total. The molecule has 13 nitrogen and oxygen atoms in total. The number of fused-ring (bicyclic) bond motifs is 2. The van der Waals surface area contributed by atoms with E-state index < -0.39 is 60.2 Å². The van der Waals surface area contributed by atoms with Crippen molar-refractivity contribution in [3.8, 4) is 17.2 Å². The normalized spacial score (nSPS) is 26.9. The summed E-state index contributed by atoms with van der Waals surface area (Å²) in [7, 11) is 1.31. The first-order chi connectivity index (χ1) is 19.8. The van der Waals surface area contributed by atoms with E-state index in [-0.39, 0.29) is 46.0 Å². The van der Waals surface area contributed by atoms with Crippen molar-refractivity contribution in [2.75, 3.05) is 19.5 Å². The molecule has 0 amide bonds. The summed E-state index contributed by atoms with van der Waals surface area (Å²) in [5.41, 5.74) is 3.53. The monoisotopic (exact) mass is 582 g/mol. The van der Waals surface area contributed by atoms with Crippen LogP contribution in [0.25, 0.3) is 0 Å². The van der Waals surface area contributed by atoms with E-state index in [1.807, 2.05) is 0 Å². The van der Waals surface area contributed by atoms with Gasteiger partial charge in [-0.25, -0.2) is 4.98 Å². The van der Waals surface area contributed by atoms with Gasteiger partial charge in [-0.3, -0.25) is 9.59 Å². The number of aromatic hydroxyl groups is 1. The summed E-state index contributed by atoms with van der Waals surface area (Å²) in [5, 5.41) is 65.1. The maximum atomic E-state index is 13.6. The molecule has 0 unspecified atom stereocenters. The predicted molar refractivity (Wildman–Crippen MR) is 144 cm³/mol. The van der Waals surface area contributed by atoms with E-state index in [2.05, 4.69) is 4.98 Å². The third-order valence-electron chi connectivity index (χ3n) is 7.69. The zero-order chi connectivity index (χ0) is 30.6. The Hall–Kier alpha value is -4.11. The Kier molecular flexibility index (Phi) is 7.43. The number of carbonyl (C=O) groups excluding carboxylic acids is 2. The van der Waals surface area contributed by atoms with Gasteiger partial charge in [-0.05, 0) is 61.2 Å². The SMILES string of the molecule is COc1cc(O[C@@H]2O[C@](O)(CO)[C@](O)(CCc3ccnc(N)c3)[C@H](O)[C@H]2O)c2c(c1)C(=O)c1cc(C)cc(O)c1C2=O. The van der Waals surface area contributed by atoms with Crippen molar-refractivity contribution in [3.63, 3.8) is 0 Å². The second-order valence-electron chi connectivity index (χ2n) is 10.4. The molecule has 5 atom stereocenters. The molecule has 222 valence electrons. The number of rotatable bonds is 7. The van der Waals surface area contributed by atoms with Crippen molar-refractivity contribution >= 4 is 17.4 Å². The average Bonchev–Trinajstić information content (AvgIpc) is 2.96. The van der Waals surface area contributed by atoms with Gasteiger partial charge in [0.2, 0.25) is 17.9 Å². The zero-order valence-electron chi connectivity index (χ0n) is 22.6. The Morgan fingerprint density at radius 3 is 2.43 bits per heavy atom. The largest absolute Gasteiger partial charge is 0.507 e. The van der Waals surface area contributed by atoms with Gasteiger partial charge in [0, 0.05) is 23.4 Å². The summed E-state index contributed by atoms with van der Waals surface area (Å²) in [6.45, 7) is 0.427. The fraction of sp³-hybridized carbons (Fsp3) is 0.345. The highest BCUT2D eigenvalue weighted by atomic mass is 16.8. The molecule has 5 rings (SSSR count). The Labute approximate surface area is 239 Å². The fourth-order valence-corrected chi connectivity index (χ4v) is 5.42. The van der Waals surface area contributed by atoms with Gasteiger partial charge in [-0.2, -0.15) is 0 Å². The number of hydrogen-bond acceptors (Lipinski definition) is 13. The minimum Gasteiger partial charge on any atom is -0.507 e. The maximum absolute atomic E-state index is 13.6. The Bertz CT molecular complexity index is 1580. The number of aromatic nitrogens is 1. The number of ketones is 2. The molecule has 1 aromatic heterocycles. The molecular formula is C29H30N2O11. The van der Waals surface area contributed by atoms with Crippen molar-refractivity contribution in [2.24, 2.45) is 0 Å². The Morgan fingerprint density at radius 2 is 1.76 bits per heavy atom. The molecule has 0 bridgehead atoms. The number of nitrogens with two attached hydrogens (primary N) is 1. The van der Waals surface area contributed by atoms with E-state index in [0.717, 1.165) is 0 Å². The first-order valence-corrected chi connectivity index (χ1v) is 12.9. The zero-order valence-corrected chi connectivity index (χ0v) is 22.6. The molecule has 0 saturated carbocycles. The van der Waals surface area contributed by atoms with Crippen LogP contribution in [0.5, 0.6) is 17.2 Å². The van der Waals surface area contributed by atoms with Gasteiger partial charge in [-0.15, -0.1) is 0 Å². The van der Waals surface area contributed by atoms with Crippen molar-refractivity contribution < 1.29 is 54.4 Å². The Morgan fingerprint density at radius 1 is 1.05 bits per heavy atom. The second-order valence-corrected chi connectivity index (χ2v) is 10.4. The lowest BCUT2D eigenvalue weighted by Gasteiger charge is -2.52. The number of aliphatic hydroxyl groups is 5. The maximum Gasteiger partial charge on any atom is 0.231 e. The molecule has 1 saturated heterocycles. The van der Waals surface area contributed by atoms with Crippen LogP contribution in [0, 0.1) is 6.92 Å². The van der Waals surface area contributed by atoms with E-state index in [4.69, 9.17) is 19.9 Å². The number of benzene rings is 2. The average molecular weight is 583 g/mol. The lowest BCUT2D eigenvalue weighted by molar-refractivity contribution is -0.419. The van der Waals surface area contributed by atoms with Gasteiger partial charge in [0.25, 0.3) is 0 Å². The molecule has 2 aliphatic rings. The second kappa shape index (κ2) is 10.6. The molecule has 13 heteroatoms. The summed E-state index contributed by atoms with van der Waals surface area (Å²) in [5.74, 6) is -4.71. The first-order valence-electron chi connectivity index (χ1n) is 12.9. The number of carbonyl (C=O) groups is 2. The molecular weight excluding hydrogens is 552 g/mol. The van der Waals surface area contributed by atoms with Crippen LogP contribution in [0.1, 0.15) is 49.4 Å². The van der Waals surface area contributed by atoms with Crippen molar-refractivity contribution in [1.29, 1.82) is 0 Å². The lowest BCUT2D eigenvalue weighted by atomic mass is 9.77. The number of pyridine rings is 1. The van der Waals surface area contributed by atoms with E-state index >= 15 is 0 Å². The van der Waals surface area contributed by atoms with Gasteiger partial charge >= 0.3 is 0 Å². The third kappa shape index (κ3) is 4.65. The highest BCUT2D eigenvalue weighted by molar-refractivity contribution is 6.30. The fourth-order valence-electron chi connectivity index (χ4n) is 5.42. The van der Waals surface area contributed by atoms with Gasteiger partial charge < -0.3 is 50.6 Å². The molecule has 1 fully saturated rings. The standard InChI is InChI=1S/C29H30N2O11/c1-13-7-16-21(18(33)8-13)24(35)22-17(23(16)34)10-15(40-2)11-19(22)41-27-25(36)26(37)28(38,29(39,12-32)42-27)5-3-14-4-6-31-20(30)9-14/h4,6-11,25-27,32-33,36-39H,3,5,12H2,1-2H3,(H2,30,31)/t25-,26-,27-,28+,29-/m1/s1. The Balaban J connectivity index is 1.50. The number of nitrogen functional groups attached to an aromatic ring is 1. The van der Waals surface area contributed by atoms with Gasteiger partial charge in [0.1, 0.15) is 47.5 Å². The number of methoxy groups -OCH3 is 1. The molecule has 42 heavy (non-hydrogen) atoms. The molecule has 2 heterocycles. The third-order valence-corrected chi connectivity index (χ3v) is 7.69. The number of anilines is 1. The van der Waals surface area contributed by atoms with Crippen LogP contribution < -0.4 is 15.2 Å². The van der Waals surface area contributed by atoms with Crippen LogP contribution in [0.2, 0.25) is 0 Å². The highest BCUT2D eigenvalue weighted by Gasteiger charge is 2.63. The number of aliphatic hydroxyl groups excluding tert-OH is 3. The molecule has 1 aliphatic carbocycles. The predicted octanol–water partition coefficient (Wildman–Crippen LogP) is -0.0365. The summed E-state index contributed by atoms with van der Waals surface area (Å²) >= 11 is 0. The van der Waals surface area contributed by atoms with Crippen LogP contribution in [0.3, 0.4) is 0 Å². The van der Waals surface area contributed by atoms with E-state index in [1.165, 1.54) is 43.6 Å². The summed E-state index contributed by atoms with van der Waals surface area (Å²) in [4.78, 5) is 30.9. The van der Waals surface area contributed by atoms with Crippen LogP contribution in [0.4, 0.5) is 5.82 Å². The van der Waals surface area contributed by atoms with Gasteiger partial charge in [0.15, 0.2) is 5.78 Å². The summed E-state index contributed by atoms with van der Waals surface area (Å²) < 4.78 is 16.5. The van der Waals surface area contributed by atoms with Gasteiger partial charge in [-0.1, -0.05) is 0 Å². The number of phenolic OH excluding ortho intramolecular Hbond substituents is 1. The minimum absolute atomic E-state index is 0.0238. The van der Waals surface area contributed by atoms with Crippen molar-refractivity contribution in [1.82, 2.24) is 4.98 Å². The molecule has 2 aromatic carbocycles. The van der Waals surface area contributed by atoms with Crippen molar-refractivity contribution in [3.05, 3.63) is 76.0 Å². The number of nitrogens with zero attached hydrogens (tertiary/aromatic N) is 1. The van der Waals surface area contributed by atoms with E-state index in [1.54, 1.807) is 13.0 Å². The number of aryl methyl sites for hydroxylation is 2. The topological polar surface area (TPSA) is 222 Å². The number of ether oxygens (including phenoxy) is 3. The highest BCUT2D eigenvalue weighted by Crippen LogP contribution is 2.43. The molecule has 3 aromatic rings. The van der Waals surface area contributed by atoms with Crippen LogP contribution in [0.15, 0.2) is 42.6 Å². The van der Waals surface area contributed by atoms with Crippen molar-refractivity contribution in [2.45, 2.75) is 49.7 Å². The molecule has 0 radical (unpaired) electrons. The number of phenols is 1. The van der Waals surface area contributed by atoms with Crippen LogP contribution in [-0.2, 0) is 11.2 Å². The number of hydrogen-bond donors (Lipinski definition) is 7. The minimum atomic E-state index is -2.85. The lowest BCUT2D eigenvalue weighted by Crippen LogP contribution is -2.74. The molecule has 1 aliphatic heterocycles. The molecule has 0 spiro atoms. The summed E-state index contributed by atoms with van der Waals surface area (Å²) in [6, 6.07) is 8.43. The van der Waals surface area contributed by atoms with E-state index in [9.17, 15) is 40.2 Å².